The monoisotopic (exact) mass is 253 g/mol. The predicted octanol–water partition coefficient (Wildman–Crippen LogP) is 0.919. The summed E-state index contributed by atoms with van der Waals surface area (Å²) in [4.78, 5) is 6.47. The van der Waals surface area contributed by atoms with Crippen LogP contribution in [0.5, 0.6) is 0 Å². The third-order valence-electron chi connectivity index (χ3n) is 2.92. The van der Waals surface area contributed by atoms with Gasteiger partial charge in [-0.15, -0.1) is 0 Å². The Hall–Kier alpha value is -1.04. The van der Waals surface area contributed by atoms with Gasteiger partial charge in [-0.2, -0.15) is 0 Å². The molecule has 0 amide bonds. The van der Waals surface area contributed by atoms with Gasteiger partial charge in [0, 0.05) is 18.3 Å². The van der Waals surface area contributed by atoms with E-state index in [1.165, 1.54) is 0 Å². The molecule has 0 bridgehead atoms. The van der Waals surface area contributed by atoms with Crippen LogP contribution in [0.4, 0.5) is 0 Å². The number of pyridine rings is 1. The Morgan fingerprint density at radius 1 is 1.59 bits per heavy atom. The van der Waals surface area contributed by atoms with Gasteiger partial charge in [0.25, 0.3) is 0 Å². The highest BCUT2D eigenvalue weighted by atomic mass is 32.1. The lowest BCUT2D eigenvalue weighted by atomic mass is 10.0. The summed E-state index contributed by atoms with van der Waals surface area (Å²) in [6.07, 6.45) is 1.70. The molecule has 0 aliphatic rings. The van der Waals surface area contributed by atoms with Crippen molar-refractivity contribution in [2.75, 3.05) is 13.7 Å². The van der Waals surface area contributed by atoms with Crippen molar-refractivity contribution in [3.05, 3.63) is 29.6 Å². The molecule has 0 aliphatic carbocycles. The molecule has 5 heteroatoms. The van der Waals surface area contributed by atoms with Crippen LogP contribution in [0.2, 0.25) is 0 Å². The quantitative estimate of drug-likeness (QED) is 0.764. The number of aliphatic hydroxyl groups is 1. The van der Waals surface area contributed by atoms with Crippen LogP contribution in [0, 0.1) is 0 Å². The van der Waals surface area contributed by atoms with Crippen molar-refractivity contribution in [1.82, 2.24) is 9.88 Å². The molecule has 17 heavy (non-hydrogen) atoms. The molecule has 0 radical (unpaired) electrons. The summed E-state index contributed by atoms with van der Waals surface area (Å²) in [6.45, 7) is 4.80. The lowest BCUT2D eigenvalue weighted by Crippen LogP contribution is -2.43. The van der Waals surface area contributed by atoms with E-state index < -0.39 is 0 Å². The summed E-state index contributed by atoms with van der Waals surface area (Å²) in [5, 5.41) is 9.29. The Kier molecular flexibility index (Phi) is 4.56. The first-order valence-corrected chi connectivity index (χ1v) is 5.84. The first-order valence-electron chi connectivity index (χ1n) is 5.43. The summed E-state index contributed by atoms with van der Waals surface area (Å²) < 4.78 is 0. The first-order chi connectivity index (χ1) is 7.86. The number of nitrogens with zero attached hydrogens (tertiary/aromatic N) is 2. The highest BCUT2D eigenvalue weighted by Crippen LogP contribution is 2.15. The maximum atomic E-state index is 9.29. The Morgan fingerprint density at radius 2 is 2.24 bits per heavy atom. The van der Waals surface area contributed by atoms with Crippen molar-refractivity contribution < 1.29 is 5.11 Å². The van der Waals surface area contributed by atoms with E-state index in [4.69, 9.17) is 18.0 Å². The molecule has 3 N–H and O–H groups in total. The molecule has 0 unspecified atom stereocenters. The van der Waals surface area contributed by atoms with E-state index in [1.54, 1.807) is 6.20 Å². The minimum atomic E-state index is -0.257. The van der Waals surface area contributed by atoms with Crippen molar-refractivity contribution in [3.8, 4) is 0 Å². The van der Waals surface area contributed by atoms with Gasteiger partial charge in [-0.1, -0.05) is 12.2 Å². The van der Waals surface area contributed by atoms with E-state index in [9.17, 15) is 5.11 Å². The molecular formula is C12H19N3OS. The number of nitrogens with two attached hydrogens (primary N) is 1. The van der Waals surface area contributed by atoms with Gasteiger partial charge < -0.3 is 10.8 Å². The van der Waals surface area contributed by atoms with E-state index >= 15 is 0 Å². The Labute approximate surface area is 107 Å². The van der Waals surface area contributed by atoms with Crippen LogP contribution < -0.4 is 5.73 Å². The minimum Gasteiger partial charge on any atom is -0.394 e. The highest BCUT2D eigenvalue weighted by molar-refractivity contribution is 7.80. The van der Waals surface area contributed by atoms with Crippen LogP contribution in [0.3, 0.4) is 0 Å². The molecule has 0 aliphatic heterocycles. The second-order valence-corrected chi connectivity index (χ2v) is 5.18. The lowest BCUT2D eigenvalue weighted by molar-refractivity contribution is 0.0734. The largest absolute Gasteiger partial charge is 0.394 e. The van der Waals surface area contributed by atoms with Gasteiger partial charge in [-0.25, -0.2) is 0 Å². The number of aliphatic hydroxyl groups excluding tert-OH is 1. The van der Waals surface area contributed by atoms with Crippen LogP contribution in [0.25, 0.3) is 0 Å². The fourth-order valence-electron chi connectivity index (χ4n) is 1.32. The second kappa shape index (κ2) is 5.53. The normalized spacial score (nSPS) is 11.8. The molecular weight excluding hydrogens is 234 g/mol. The molecule has 0 spiro atoms. The van der Waals surface area contributed by atoms with Gasteiger partial charge in [0.2, 0.25) is 0 Å². The third kappa shape index (κ3) is 3.73. The van der Waals surface area contributed by atoms with Gasteiger partial charge in [-0.05, 0) is 38.6 Å². The molecule has 0 saturated carbocycles. The fraction of sp³-hybridized carbons (Fsp3) is 0.500. The van der Waals surface area contributed by atoms with Crippen molar-refractivity contribution in [2.45, 2.75) is 25.9 Å². The zero-order valence-electron chi connectivity index (χ0n) is 10.5. The number of rotatable bonds is 5. The molecule has 1 rings (SSSR count). The van der Waals surface area contributed by atoms with E-state index in [0.29, 0.717) is 17.2 Å². The number of thiocarbonyl (C=S) groups is 1. The average Bonchev–Trinajstić information content (AvgIpc) is 2.29. The summed E-state index contributed by atoms with van der Waals surface area (Å²) in [6, 6.07) is 3.80. The number of aromatic nitrogens is 1. The van der Waals surface area contributed by atoms with Crippen LogP contribution in [-0.2, 0) is 6.54 Å². The van der Waals surface area contributed by atoms with E-state index in [1.807, 2.05) is 33.0 Å². The second-order valence-electron chi connectivity index (χ2n) is 4.74. The van der Waals surface area contributed by atoms with Crippen LogP contribution >= 0.6 is 12.2 Å². The summed E-state index contributed by atoms with van der Waals surface area (Å²) >= 11 is 4.89. The van der Waals surface area contributed by atoms with E-state index in [2.05, 4.69) is 9.88 Å². The van der Waals surface area contributed by atoms with Crippen LogP contribution in [0.1, 0.15) is 25.1 Å². The Morgan fingerprint density at radius 3 is 2.76 bits per heavy atom. The standard InChI is InChI=1S/C12H19N3OS/c1-12(2,8-16)15(3)7-9-4-5-14-10(6-9)11(13)17/h4-6,16H,7-8H2,1-3H3,(H2,13,17). The lowest BCUT2D eigenvalue weighted by Gasteiger charge is -2.33. The van der Waals surface area contributed by atoms with Gasteiger partial charge in [0.15, 0.2) is 0 Å². The molecule has 0 aromatic carbocycles. The maximum Gasteiger partial charge on any atom is 0.122 e. The van der Waals surface area contributed by atoms with Gasteiger partial charge in [0.05, 0.1) is 12.3 Å². The molecule has 0 saturated heterocycles. The number of hydrogen-bond donors (Lipinski definition) is 2. The van der Waals surface area contributed by atoms with E-state index in [0.717, 1.165) is 5.56 Å². The fourth-order valence-corrected chi connectivity index (χ4v) is 1.43. The molecule has 1 aromatic heterocycles. The van der Waals surface area contributed by atoms with Crippen LogP contribution in [-0.4, -0.2) is 39.2 Å². The zero-order valence-corrected chi connectivity index (χ0v) is 11.3. The van der Waals surface area contributed by atoms with Gasteiger partial charge in [-0.3, -0.25) is 9.88 Å². The number of hydrogen-bond acceptors (Lipinski definition) is 4. The SMILES string of the molecule is CN(Cc1ccnc(C(N)=S)c1)C(C)(C)CO. The topological polar surface area (TPSA) is 62.4 Å². The Balaban J connectivity index is 2.82. The smallest absolute Gasteiger partial charge is 0.122 e. The average molecular weight is 253 g/mol. The minimum absolute atomic E-state index is 0.108. The molecule has 1 heterocycles. The summed E-state index contributed by atoms with van der Waals surface area (Å²) in [7, 11) is 1.97. The van der Waals surface area contributed by atoms with Crippen LogP contribution in [0.15, 0.2) is 18.3 Å². The summed E-state index contributed by atoms with van der Waals surface area (Å²) in [5.41, 5.74) is 6.99. The van der Waals surface area contributed by atoms with Crippen molar-refractivity contribution in [3.63, 3.8) is 0 Å². The van der Waals surface area contributed by atoms with Crippen molar-refractivity contribution in [1.29, 1.82) is 0 Å². The number of likely N-dealkylation sites (N-methyl/N-ethyl adjacent to an activating group) is 1. The summed E-state index contributed by atoms with van der Waals surface area (Å²) in [5.74, 6) is 0. The predicted molar refractivity (Wildman–Crippen MR) is 72.8 cm³/mol. The molecule has 1 aromatic rings. The molecule has 4 nitrogen and oxygen atoms in total. The Bertz CT molecular complexity index is 406. The van der Waals surface area contributed by atoms with Crippen molar-refractivity contribution >= 4 is 17.2 Å². The van der Waals surface area contributed by atoms with E-state index in [-0.39, 0.29) is 12.1 Å². The van der Waals surface area contributed by atoms with Gasteiger partial charge in [0.1, 0.15) is 4.99 Å². The molecule has 0 fully saturated rings. The molecule has 0 atom stereocenters. The van der Waals surface area contributed by atoms with Crippen molar-refractivity contribution in [2.24, 2.45) is 5.73 Å². The maximum absolute atomic E-state index is 9.29. The third-order valence-corrected chi connectivity index (χ3v) is 3.13. The molecule has 94 valence electrons. The highest BCUT2D eigenvalue weighted by Gasteiger charge is 2.22. The zero-order chi connectivity index (χ0) is 13.1. The first kappa shape index (κ1) is 14.0. The van der Waals surface area contributed by atoms with Gasteiger partial charge >= 0.3 is 0 Å².